The number of aromatic nitrogens is 1. The fourth-order valence-corrected chi connectivity index (χ4v) is 1.86. The van der Waals surface area contributed by atoms with Gasteiger partial charge >= 0.3 is 0 Å². The summed E-state index contributed by atoms with van der Waals surface area (Å²) in [5, 5.41) is 2.91. The monoisotopic (exact) mass is 299 g/mol. The Hall–Kier alpha value is -1.85. The van der Waals surface area contributed by atoms with Crippen LogP contribution in [0.25, 0.3) is 0 Å². The van der Waals surface area contributed by atoms with Crippen LogP contribution in [0, 0.1) is 5.95 Å². The number of carbonyl (C=O) groups excluding carboxylic acids is 1. The largest absolute Gasteiger partial charge is 0.396 e. The average molecular weight is 300 g/mol. The number of nitrogen functional groups attached to an aromatic ring is 1. The van der Waals surface area contributed by atoms with Gasteiger partial charge in [-0.25, -0.2) is 4.98 Å². The molecule has 2 rings (SSSR count). The quantitative estimate of drug-likeness (QED) is 0.660. The first-order chi connectivity index (χ1) is 8.97. The molecule has 7 heteroatoms. The molecular formula is C12H8Cl2FN3O. The lowest BCUT2D eigenvalue weighted by Gasteiger charge is -2.07. The van der Waals surface area contributed by atoms with E-state index >= 15 is 0 Å². The third kappa shape index (κ3) is 3.13. The van der Waals surface area contributed by atoms with Crippen molar-refractivity contribution < 1.29 is 9.18 Å². The molecule has 0 saturated carbocycles. The number of halogens is 3. The van der Waals surface area contributed by atoms with E-state index in [0.717, 1.165) is 6.07 Å². The highest BCUT2D eigenvalue weighted by Gasteiger charge is 2.11. The van der Waals surface area contributed by atoms with Crippen molar-refractivity contribution in [2.45, 2.75) is 0 Å². The third-order valence-electron chi connectivity index (χ3n) is 2.33. The van der Waals surface area contributed by atoms with Crippen molar-refractivity contribution in [3.63, 3.8) is 0 Å². The van der Waals surface area contributed by atoms with E-state index < -0.39 is 11.9 Å². The average Bonchev–Trinajstić information content (AvgIpc) is 2.38. The van der Waals surface area contributed by atoms with Gasteiger partial charge in [-0.3, -0.25) is 4.79 Å². The van der Waals surface area contributed by atoms with Gasteiger partial charge in [0.1, 0.15) is 0 Å². The van der Waals surface area contributed by atoms with Crippen LogP contribution in [0.4, 0.5) is 15.8 Å². The molecule has 0 atom stereocenters. The van der Waals surface area contributed by atoms with E-state index in [0.29, 0.717) is 5.69 Å². The third-order valence-corrected chi connectivity index (χ3v) is 2.95. The Morgan fingerprint density at radius 2 is 1.89 bits per heavy atom. The fourth-order valence-electron chi connectivity index (χ4n) is 1.37. The second-order valence-corrected chi connectivity index (χ2v) is 4.49. The second-order valence-electron chi connectivity index (χ2n) is 3.68. The summed E-state index contributed by atoms with van der Waals surface area (Å²) in [5.41, 5.74) is 6.39. The van der Waals surface area contributed by atoms with Crippen LogP contribution in [-0.2, 0) is 0 Å². The summed E-state index contributed by atoms with van der Waals surface area (Å²) >= 11 is 11.7. The van der Waals surface area contributed by atoms with Gasteiger partial charge in [-0.05, 0) is 24.3 Å². The molecule has 0 fully saturated rings. The van der Waals surface area contributed by atoms with Gasteiger partial charge in [0.25, 0.3) is 5.91 Å². The van der Waals surface area contributed by atoms with Crippen molar-refractivity contribution >= 4 is 40.5 Å². The van der Waals surface area contributed by atoms with Gasteiger partial charge in [0.2, 0.25) is 5.95 Å². The Labute approximate surface area is 118 Å². The van der Waals surface area contributed by atoms with Crippen LogP contribution in [0.3, 0.4) is 0 Å². The number of hydrogen-bond donors (Lipinski definition) is 2. The highest BCUT2D eigenvalue weighted by molar-refractivity contribution is 6.39. The smallest absolute Gasteiger partial charge is 0.255 e. The first kappa shape index (κ1) is 13.6. The molecule has 1 aromatic heterocycles. The molecule has 0 aliphatic carbocycles. The lowest BCUT2D eigenvalue weighted by molar-refractivity contribution is 0.102. The predicted octanol–water partition coefficient (Wildman–Crippen LogP) is 3.36. The Kier molecular flexibility index (Phi) is 3.87. The van der Waals surface area contributed by atoms with Crippen molar-refractivity contribution in [3.8, 4) is 0 Å². The zero-order valence-electron chi connectivity index (χ0n) is 9.45. The molecular weight excluding hydrogens is 292 g/mol. The minimum absolute atomic E-state index is 0.190. The zero-order valence-corrected chi connectivity index (χ0v) is 11.0. The SMILES string of the molecule is Nc1c(Cl)cc(C(=O)Nc2ccc(F)nc2)cc1Cl. The summed E-state index contributed by atoms with van der Waals surface area (Å²) in [6.45, 7) is 0. The maximum absolute atomic E-state index is 12.6. The van der Waals surface area contributed by atoms with Crippen molar-refractivity contribution in [2.75, 3.05) is 11.1 Å². The Balaban J connectivity index is 2.23. The van der Waals surface area contributed by atoms with Crippen molar-refractivity contribution in [2.24, 2.45) is 0 Å². The molecule has 3 N–H and O–H groups in total. The van der Waals surface area contributed by atoms with Gasteiger partial charge in [0, 0.05) is 5.56 Å². The molecule has 2 aromatic rings. The van der Waals surface area contributed by atoms with Gasteiger partial charge in [-0.1, -0.05) is 23.2 Å². The number of amides is 1. The van der Waals surface area contributed by atoms with E-state index in [1.807, 2.05) is 0 Å². The summed E-state index contributed by atoms with van der Waals surface area (Å²) < 4.78 is 12.6. The van der Waals surface area contributed by atoms with E-state index in [-0.39, 0.29) is 21.3 Å². The van der Waals surface area contributed by atoms with Gasteiger partial charge in [0.15, 0.2) is 0 Å². The minimum Gasteiger partial charge on any atom is -0.396 e. The number of rotatable bonds is 2. The molecule has 0 spiro atoms. The van der Waals surface area contributed by atoms with Crippen LogP contribution in [0.1, 0.15) is 10.4 Å². The highest BCUT2D eigenvalue weighted by atomic mass is 35.5. The van der Waals surface area contributed by atoms with Gasteiger partial charge < -0.3 is 11.1 Å². The summed E-state index contributed by atoms with van der Waals surface area (Å²) in [5.74, 6) is -1.08. The number of nitrogens with zero attached hydrogens (tertiary/aromatic N) is 1. The first-order valence-electron chi connectivity index (χ1n) is 5.15. The Morgan fingerprint density at radius 1 is 1.26 bits per heavy atom. The molecule has 0 aliphatic heterocycles. The van der Waals surface area contributed by atoms with E-state index in [1.165, 1.54) is 24.4 Å². The highest BCUT2D eigenvalue weighted by Crippen LogP contribution is 2.29. The summed E-state index contributed by atoms with van der Waals surface area (Å²) in [7, 11) is 0. The van der Waals surface area contributed by atoms with Gasteiger partial charge in [-0.15, -0.1) is 0 Å². The number of benzene rings is 1. The predicted molar refractivity (Wildman–Crippen MR) is 73.0 cm³/mol. The molecule has 98 valence electrons. The van der Waals surface area contributed by atoms with E-state index in [1.54, 1.807) is 0 Å². The van der Waals surface area contributed by atoms with Crippen molar-refractivity contribution in [3.05, 3.63) is 52.0 Å². The fraction of sp³-hybridized carbons (Fsp3) is 0. The number of carbonyl (C=O) groups is 1. The first-order valence-corrected chi connectivity index (χ1v) is 5.90. The van der Waals surface area contributed by atoms with Crippen LogP contribution in [-0.4, -0.2) is 10.9 Å². The zero-order chi connectivity index (χ0) is 14.0. The summed E-state index contributed by atoms with van der Waals surface area (Å²) in [4.78, 5) is 15.3. The number of nitrogens with two attached hydrogens (primary N) is 1. The molecule has 0 aliphatic rings. The number of anilines is 2. The van der Waals surface area contributed by atoms with Crippen LogP contribution in [0.15, 0.2) is 30.5 Å². The molecule has 0 unspecified atom stereocenters. The number of pyridine rings is 1. The molecule has 0 saturated heterocycles. The maximum atomic E-state index is 12.6. The van der Waals surface area contributed by atoms with Gasteiger partial charge in [-0.2, -0.15) is 4.39 Å². The number of hydrogen-bond acceptors (Lipinski definition) is 3. The van der Waals surface area contributed by atoms with Crippen LogP contribution in [0.2, 0.25) is 10.0 Å². The second kappa shape index (κ2) is 5.42. The molecule has 1 amide bonds. The lowest BCUT2D eigenvalue weighted by atomic mass is 10.2. The number of nitrogens with one attached hydrogen (secondary N) is 1. The molecule has 1 heterocycles. The molecule has 19 heavy (non-hydrogen) atoms. The lowest BCUT2D eigenvalue weighted by Crippen LogP contribution is -2.12. The normalized spacial score (nSPS) is 10.3. The Bertz CT molecular complexity index is 608. The van der Waals surface area contributed by atoms with E-state index in [4.69, 9.17) is 28.9 Å². The van der Waals surface area contributed by atoms with Crippen LogP contribution >= 0.6 is 23.2 Å². The molecule has 4 nitrogen and oxygen atoms in total. The minimum atomic E-state index is -0.628. The van der Waals surface area contributed by atoms with Crippen LogP contribution < -0.4 is 11.1 Å². The van der Waals surface area contributed by atoms with Crippen molar-refractivity contribution in [1.29, 1.82) is 0 Å². The molecule has 1 aromatic carbocycles. The molecule has 0 bridgehead atoms. The van der Waals surface area contributed by atoms with Gasteiger partial charge in [0.05, 0.1) is 27.6 Å². The van der Waals surface area contributed by atoms with Crippen LogP contribution in [0.5, 0.6) is 0 Å². The topological polar surface area (TPSA) is 68.0 Å². The maximum Gasteiger partial charge on any atom is 0.255 e. The Morgan fingerprint density at radius 3 is 2.42 bits per heavy atom. The summed E-state index contributed by atoms with van der Waals surface area (Å²) in [6.07, 6.45) is 1.20. The van der Waals surface area contributed by atoms with E-state index in [2.05, 4.69) is 10.3 Å². The van der Waals surface area contributed by atoms with Crippen molar-refractivity contribution in [1.82, 2.24) is 4.98 Å². The summed E-state index contributed by atoms with van der Waals surface area (Å²) in [6, 6.07) is 5.32. The van der Waals surface area contributed by atoms with E-state index in [9.17, 15) is 9.18 Å². The standard InChI is InChI=1S/C12H8Cl2FN3O/c13-8-3-6(4-9(14)11(8)16)12(19)18-7-1-2-10(15)17-5-7/h1-5H,16H2,(H,18,19). The molecule has 0 radical (unpaired) electrons.